The monoisotopic (exact) mass is 455 g/mol. The van der Waals surface area contributed by atoms with Gasteiger partial charge in [0.2, 0.25) is 5.82 Å². The van der Waals surface area contributed by atoms with Crippen molar-refractivity contribution in [3.8, 4) is 17.4 Å². The predicted molar refractivity (Wildman–Crippen MR) is 117 cm³/mol. The Bertz CT molecular complexity index is 1220. The highest BCUT2D eigenvalue weighted by Gasteiger charge is 2.30. The fourth-order valence-electron chi connectivity index (χ4n) is 3.83. The maximum absolute atomic E-state index is 13.2. The van der Waals surface area contributed by atoms with Gasteiger partial charge in [0.15, 0.2) is 11.3 Å². The van der Waals surface area contributed by atoms with Crippen molar-refractivity contribution in [2.75, 3.05) is 25.5 Å². The summed E-state index contributed by atoms with van der Waals surface area (Å²) < 4.78 is 40.2. The molecule has 1 unspecified atom stereocenters. The summed E-state index contributed by atoms with van der Waals surface area (Å²) in [4.78, 5) is 4.40. The Hall–Kier alpha value is -3.44. The second-order valence-electron chi connectivity index (χ2n) is 7.13. The minimum atomic E-state index is -1.78. The van der Waals surface area contributed by atoms with Gasteiger partial charge in [0.05, 0.1) is 27.4 Å². The molecule has 1 aliphatic heterocycles. The van der Waals surface area contributed by atoms with E-state index in [1.165, 1.54) is 20.4 Å². The Morgan fingerprint density at radius 2 is 2.19 bits per heavy atom. The SMILES string of the molecule is COc1ccnc(OC)c1[S+]([O-])Nc1noc2cc(Cn3cccn3)c3c(c12)OCCC3. The van der Waals surface area contributed by atoms with Crippen LogP contribution >= 0.6 is 0 Å². The number of rotatable bonds is 7. The molecule has 1 atom stereocenters. The Morgan fingerprint density at radius 3 is 2.97 bits per heavy atom. The summed E-state index contributed by atoms with van der Waals surface area (Å²) in [5.41, 5.74) is 2.67. The van der Waals surface area contributed by atoms with Gasteiger partial charge in [-0.15, -0.1) is 0 Å². The van der Waals surface area contributed by atoms with E-state index in [9.17, 15) is 4.55 Å². The van der Waals surface area contributed by atoms with Crippen molar-refractivity contribution in [3.05, 3.63) is 47.9 Å². The molecule has 5 rings (SSSR count). The third kappa shape index (κ3) is 3.59. The van der Waals surface area contributed by atoms with E-state index in [1.54, 1.807) is 12.3 Å². The number of nitrogens with one attached hydrogen (secondary N) is 1. The van der Waals surface area contributed by atoms with Crippen molar-refractivity contribution >= 4 is 28.1 Å². The summed E-state index contributed by atoms with van der Waals surface area (Å²) in [5, 5.41) is 9.09. The molecule has 0 spiro atoms. The van der Waals surface area contributed by atoms with Crippen molar-refractivity contribution in [1.29, 1.82) is 0 Å². The van der Waals surface area contributed by atoms with Crippen molar-refractivity contribution in [3.63, 3.8) is 0 Å². The zero-order valence-electron chi connectivity index (χ0n) is 17.5. The summed E-state index contributed by atoms with van der Waals surface area (Å²) in [7, 11) is 2.95. The number of benzene rings is 1. The van der Waals surface area contributed by atoms with Gasteiger partial charge in [0.1, 0.15) is 22.5 Å². The summed E-state index contributed by atoms with van der Waals surface area (Å²) in [6.07, 6.45) is 6.95. The minimum Gasteiger partial charge on any atom is -0.588 e. The smallest absolute Gasteiger partial charge is 0.283 e. The molecule has 0 radical (unpaired) electrons. The second-order valence-corrected chi connectivity index (χ2v) is 8.28. The molecular formula is C21H21N5O5S. The first-order valence-electron chi connectivity index (χ1n) is 9.99. The van der Waals surface area contributed by atoms with E-state index < -0.39 is 11.4 Å². The molecule has 0 amide bonds. The number of hydrogen-bond acceptors (Lipinski definition) is 9. The van der Waals surface area contributed by atoms with E-state index in [1.807, 2.05) is 23.0 Å². The number of aromatic nitrogens is 4. The number of hydrogen-bond donors (Lipinski definition) is 1. The molecule has 0 fully saturated rings. The van der Waals surface area contributed by atoms with Crippen LogP contribution in [0.4, 0.5) is 5.82 Å². The van der Waals surface area contributed by atoms with Gasteiger partial charge >= 0.3 is 0 Å². The molecule has 0 aliphatic carbocycles. The fraction of sp³-hybridized carbons (Fsp3) is 0.286. The molecule has 10 nitrogen and oxygen atoms in total. The van der Waals surface area contributed by atoms with Crippen molar-refractivity contribution in [2.45, 2.75) is 24.3 Å². The number of ether oxygens (including phenoxy) is 3. The molecule has 4 heterocycles. The van der Waals surface area contributed by atoms with Crippen molar-refractivity contribution in [1.82, 2.24) is 19.9 Å². The molecular weight excluding hydrogens is 434 g/mol. The van der Waals surface area contributed by atoms with Crippen LogP contribution in [0.2, 0.25) is 0 Å². The number of methoxy groups -OCH3 is 2. The van der Waals surface area contributed by atoms with Crippen LogP contribution in [0.25, 0.3) is 11.0 Å². The van der Waals surface area contributed by atoms with Crippen LogP contribution in [0.5, 0.6) is 17.4 Å². The highest BCUT2D eigenvalue weighted by molar-refractivity contribution is 7.93. The maximum Gasteiger partial charge on any atom is 0.283 e. The van der Waals surface area contributed by atoms with Gasteiger partial charge < -0.3 is 23.3 Å². The number of anilines is 1. The topological polar surface area (TPSA) is 120 Å². The third-order valence-corrected chi connectivity index (χ3v) is 6.37. The molecule has 0 bridgehead atoms. The molecule has 166 valence electrons. The van der Waals surface area contributed by atoms with Crippen LogP contribution < -0.4 is 18.9 Å². The first kappa shape index (κ1) is 20.5. The Kier molecular flexibility index (Phi) is 5.50. The van der Waals surface area contributed by atoms with E-state index in [0.29, 0.717) is 41.4 Å². The highest BCUT2D eigenvalue weighted by Crippen LogP contribution is 2.41. The first-order chi connectivity index (χ1) is 15.7. The van der Waals surface area contributed by atoms with Crippen LogP contribution in [0.3, 0.4) is 0 Å². The largest absolute Gasteiger partial charge is 0.588 e. The van der Waals surface area contributed by atoms with Crippen LogP contribution in [-0.2, 0) is 24.3 Å². The molecule has 1 N–H and O–H groups in total. The Labute approximate surface area is 186 Å². The normalized spacial score (nSPS) is 14.0. The van der Waals surface area contributed by atoms with E-state index in [4.69, 9.17) is 18.7 Å². The second kappa shape index (κ2) is 8.60. The van der Waals surface area contributed by atoms with Crippen LogP contribution in [0, 0.1) is 0 Å². The lowest BCUT2D eigenvalue weighted by molar-refractivity contribution is 0.291. The maximum atomic E-state index is 13.2. The van der Waals surface area contributed by atoms with E-state index in [-0.39, 0.29) is 10.8 Å². The lowest BCUT2D eigenvalue weighted by Gasteiger charge is -2.21. The molecule has 0 saturated carbocycles. The third-order valence-electron chi connectivity index (χ3n) is 5.25. The summed E-state index contributed by atoms with van der Waals surface area (Å²) in [6.45, 7) is 1.18. The average molecular weight is 455 g/mol. The van der Waals surface area contributed by atoms with Crippen LogP contribution in [-0.4, -0.2) is 45.3 Å². The lowest BCUT2D eigenvalue weighted by atomic mass is 9.97. The summed E-state index contributed by atoms with van der Waals surface area (Å²) in [6, 6.07) is 5.44. The summed E-state index contributed by atoms with van der Waals surface area (Å²) >= 11 is -1.78. The number of nitrogens with zero attached hydrogens (tertiary/aromatic N) is 4. The molecule has 32 heavy (non-hydrogen) atoms. The van der Waals surface area contributed by atoms with Gasteiger partial charge in [-0.2, -0.15) is 9.82 Å². The van der Waals surface area contributed by atoms with Crippen LogP contribution in [0.1, 0.15) is 17.5 Å². The van der Waals surface area contributed by atoms with Crippen molar-refractivity contribution < 1.29 is 23.3 Å². The first-order valence-corrected chi connectivity index (χ1v) is 11.1. The number of pyridine rings is 1. The van der Waals surface area contributed by atoms with Gasteiger partial charge in [-0.3, -0.25) is 4.68 Å². The van der Waals surface area contributed by atoms with Crippen LogP contribution in [0.15, 0.2) is 46.2 Å². The average Bonchev–Trinajstić information content (AvgIpc) is 3.48. The van der Waals surface area contributed by atoms with Gasteiger partial charge in [0.25, 0.3) is 10.8 Å². The molecule has 4 aromatic rings. The van der Waals surface area contributed by atoms with E-state index >= 15 is 0 Å². The lowest BCUT2D eigenvalue weighted by Crippen LogP contribution is -2.17. The molecule has 1 aliphatic rings. The number of fused-ring (bicyclic) bond motifs is 3. The Morgan fingerprint density at radius 1 is 1.28 bits per heavy atom. The van der Waals surface area contributed by atoms with E-state index in [2.05, 4.69) is 20.0 Å². The summed E-state index contributed by atoms with van der Waals surface area (Å²) in [5.74, 6) is 1.59. The molecule has 0 saturated heterocycles. The predicted octanol–water partition coefficient (Wildman–Crippen LogP) is 2.94. The standard InChI is InChI=1S/C21H21N5O5S/c1-28-15-6-8-22-21(29-2)19(15)32(27)25-20-17-16(31-24-20)11-13(12-26-9-4-7-23-26)14-5-3-10-30-18(14)17/h4,6-9,11H,3,5,10,12H2,1-2H3,(H,24,25). The molecule has 11 heteroatoms. The Balaban J connectivity index is 1.55. The quantitative estimate of drug-likeness (QED) is 0.419. The zero-order valence-corrected chi connectivity index (χ0v) is 18.3. The highest BCUT2D eigenvalue weighted by atomic mass is 32.2. The fourth-order valence-corrected chi connectivity index (χ4v) is 4.87. The van der Waals surface area contributed by atoms with Gasteiger partial charge in [0, 0.05) is 30.2 Å². The zero-order chi connectivity index (χ0) is 22.1. The molecule has 3 aromatic heterocycles. The van der Waals surface area contributed by atoms with E-state index in [0.717, 1.165) is 24.0 Å². The van der Waals surface area contributed by atoms with Crippen molar-refractivity contribution in [2.24, 2.45) is 0 Å². The van der Waals surface area contributed by atoms with Gasteiger partial charge in [-0.1, -0.05) is 5.16 Å². The minimum absolute atomic E-state index is 0.197. The van der Waals surface area contributed by atoms with Gasteiger partial charge in [-0.05, 0) is 30.5 Å². The molecule has 1 aromatic carbocycles. The van der Waals surface area contributed by atoms with Gasteiger partial charge in [-0.25, -0.2) is 4.98 Å².